The maximum atomic E-state index is 13.5. The first-order chi connectivity index (χ1) is 13.2. The van der Waals surface area contributed by atoms with Gasteiger partial charge in [-0.05, 0) is 29.9 Å². The van der Waals surface area contributed by atoms with Gasteiger partial charge in [-0.2, -0.15) is 0 Å². The lowest BCUT2D eigenvalue weighted by Gasteiger charge is -2.32. The van der Waals surface area contributed by atoms with Gasteiger partial charge >= 0.3 is 0 Å². The smallest absolute Gasteiger partial charge is 0.158 e. The van der Waals surface area contributed by atoms with E-state index in [1.165, 1.54) is 101 Å². The van der Waals surface area contributed by atoms with Gasteiger partial charge < -0.3 is 0 Å². The third-order valence-electron chi connectivity index (χ3n) is 7.43. The zero-order chi connectivity index (χ0) is 19.1. The first-order valence-corrected chi connectivity index (χ1v) is 13.8. The topological polar surface area (TPSA) is 0 Å². The van der Waals surface area contributed by atoms with Gasteiger partial charge in [0.05, 0.1) is 8.80 Å². The first kappa shape index (κ1) is 21.0. The van der Waals surface area contributed by atoms with Crippen molar-refractivity contribution in [3.05, 3.63) is 29.8 Å². The average Bonchev–Trinajstić information content (AvgIpc) is 2.70. The second-order valence-electron chi connectivity index (χ2n) is 9.35. The minimum atomic E-state index is -1.06. The van der Waals surface area contributed by atoms with Gasteiger partial charge in [-0.3, -0.25) is 0 Å². The van der Waals surface area contributed by atoms with Crippen LogP contribution < -0.4 is 5.19 Å². The van der Waals surface area contributed by atoms with E-state index in [4.69, 9.17) is 0 Å². The second-order valence-corrected chi connectivity index (χ2v) is 12.6. The molecular formula is C24H38F2Si. The molecule has 1 aromatic rings. The van der Waals surface area contributed by atoms with Crippen molar-refractivity contribution >= 4 is 14.0 Å². The Labute approximate surface area is 166 Å². The molecule has 3 rings (SSSR count). The van der Waals surface area contributed by atoms with Crippen LogP contribution in [0.5, 0.6) is 0 Å². The van der Waals surface area contributed by atoms with Crippen LogP contribution in [0.15, 0.2) is 18.2 Å². The van der Waals surface area contributed by atoms with E-state index in [2.05, 4.69) is 6.92 Å². The fourth-order valence-electron chi connectivity index (χ4n) is 5.51. The van der Waals surface area contributed by atoms with Crippen LogP contribution in [0.1, 0.15) is 84.0 Å². The summed E-state index contributed by atoms with van der Waals surface area (Å²) >= 11 is 0. The van der Waals surface area contributed by atoms with Crippen molar-refractivity contribution in [3.8, 4) is 0 Å². The Hall–Kier alpha value is -0.703. The number of benzene rings is 1. The molecule has 1 saturated carbocycles. The highest BCUT2D eigenvalue weighted by Gasteiger charge is 2.26. The van der Waals surface area contributed by atoms with E-state index in [1.807, 2.05) is 6.07 Å². The van der Waals surface area contributed by atoms with Crippen LogP contribution in [0, 0.1) is 29.4 Å². The Morgan fingerprint density at radius 3 is 1.96 bits per heavy atom. The molecule has 2 fully saturated rings. The van der Waals surface area contributed by atoms with Crippen LogP contribution >= 0.6 is 0 Å². The molecule has 1 aliphatic heterocycles. The largest absolute Gasteiger partial charge is 0.204 e. The molecule has 0 nitrogen and oxygen atoms in total. The van der Waals surface area contributed by atoms with Gasteiger partial charge in [0.1, 0.15) is 0 Å². The van der Waals surface area contributed by atoms with Crippen molar-refractivity contribution in [1.82, 2.24) is 0 Å². The fourth-order valence-corrected chi connectivity index (χ4v) is 8.97. The van der Waals surface area contributed by atoms with Gasteiger partial charge in [-0.25, -0.2) is 8.78 Å². The molecule has 0 atom stereocenters. The maximum Gasteiger partial charge on any atom is 0.158 e. The fraction of sp³-hybridized carbons (Fsp3) is 0.750. The van der Waals surface area contributed by atoms with Crippen molar-refractivity contribution in [2.24, 2.45) is 17.8 Å². The predicted octanol–water partition coefficient (Wildman–Crippen LogP) is 6.98. The zero-order valence-electron chi connectivity index (χ0n) is 17.2. The van der Waals surface area contributed by atoms with Gasteiger partial charge in [0.25, 0.3) is 0 Å². The van der Waals surface area contributed by atoms with Gasteiger partial charge in [0.15, 0.2) is 11.6 Å². The predicted molar refractivity (Wildman–Crippen MR) is 114 cm³/mol. The van der Waals surface area contributed by atoms with E-state index in [0.29, 0.717) is 0 Å². The molecule has 152 valence electrons. The van der Waals surface area contributed by atoms with Crippen molar-refractivity contribution in [2.45, 2.75) is 96.1 Å². The minimum Gasteiger partial charge on any atom is -0.204 e. The molecule has 27 heavy (non-hydrogen) atoms. The lowest BCUT2D eigenvalue weighted by Crippen LogP contribution is -2.34. The third kappa shape index (κ3) is 6.41. The summed E-state index contributed by atoms with van der Waals surface area (Å²) in [5.74, 6) is 1.52. The van der Waals surface area contributed by atoms with E-state index < -0.39 is 20.4 Å². The number of hydrogen-bond donors (Lipinski definition) is 0. The monoisotopic (exact) mass is 392 g/mol. The summed E-state index contributed by atoms with van der Waals surface area (Å²) in [6.45, 7) is 2.30. The minimum absolute atomic E-state index is 0.660. The Morgan fingerprint density at radius 2 is 1.37 bits per heavy atom. The lowest BCUT2D eigenvalue weighted by atomic mass is 9.77. The Morgan fingerprint density at radius 1 is 0.778 bits per heavy atom. The quantitative estimate of drug-likeness (QED) is 0.331. The summed E-state index contributed by atoms with van der Waals surface area (Å²) in [6.07, 6.45) is 17.0. The zero-order valence-corrected chi connectivity index (χ0v) is 18.4. The second kappa shape index (κ2) is 10.7. The SMILES string of the molecule is CCCCCC1CCC(CCC2CC[SiH](c3ccc(F)c(F)c3)CC2)CC1. The van der Waals surface area contributed by atoms with Crippen LogP contribution in [-0.2, 0) is 0 Å². The van der Waals surface area contributed by atoms with E-state index in [9.17, 15) is 8.78 Å². The van der Waals surface area contributed by atoms with E-state index in [0.717, 1.165) is 22.9 Å². The normalized spacial score (nSPS) is 29.0. The Balaban J connectivity index is 1.32. The molecule has 1 saturated heterocycles. The summed E-state index contributed by atoms with van der Waals surface area (Å²) in [6, 6.07) is 7.20. The van der Waals surface area contributed by atoms with Crippen LogP contribution in [-0.4, -0.2) is 8.80 Å². The lowest BCUT2D eigenvalue weighted by molar-refractivity contribution is 0.234. The number of rotatable bonds is 8. The molecule has 2 aliphatic rings. The Kier molecular flexibility index (Phi) is 8.36. The summed E-state index contributed by atoms with van der Waals surface area (Å²) in [4.78, 5) is 0. The molecule has 0 radical (unpaired) electrons. The molecule has 0 bridgehead atoms. The van der Waals surface area contributed by atoms with Crippen LogP contribution in [0.2, 0.25) is 12.1 Å². The molecule has 1 heterocycles. The highest BCUT2D eigenvalue weighted by Crippen LogP contribution is 2.37. The molecule has 0 N–H and O–H groups in total. The summed E-state index contributed by atoms with van der Waals surface area (Å²) in [5, 5.41) is 1.13. The van der Waals surface area contributed by atoms with Crippen LogP contribution in [0.4, 0.5) is 8.78 Å². The van der Waals surface area contributed by atoms with Crippen molar-refractivity contribution in [3.63, 3.8) is 0 Å². The molecule has 1 aromatic carbocycles. The molecule has 0 aromatic heterocycles. The van der Waals surface area contributed by atoms with E-state index in [-0.39, 0.29) is 0 Å². The number of unbranched alkanes of at least 4 members (excludes halogenated alkanes) is 2. The van der Waals surface area contributed by atoms with Crippen LogP contribution in [0.25, 0.3) is 0 Å². The first-order valence-electron chi connectivity index (χ1n) is 11.6. The van der Waals surface area contributed by atoms with E-state index >= 15 is 0 Å². The van der Waals surface area contributed by atoms with Gasteiger partial charge in [0.2, 0.25) is 0 Å². The Bertz CT molecular complexity index is 557. The highest BCUT2D eigenvalue weighted by atomic mass is 28.3. The van der Waals surface area contributed by atoms with Gasteiger partial charge in [-0.15, -0.1) is 0 Å². The highest BCUT2D eigenvalue weighted by molar-refractivity contribution is 6.73. The molecule has 1 aliphatic carbocycles. The molecule has 3 heteroatoms. The molecule has 0 amide bonds. The third-order valence-corrected chi connectivity index (χ3v) is 10.8. The van der Waals surface area contributed by atoms with Gasteiger partial charge in [-0.1, -0.05) is 107 Å². The maximum absolute atomic E-state index is 13.5. The van der Waals surface area contributed by atoms with Crippen molar-refractivity contribution in [2.75, 3.05) is 0 Å². The standard InChI is InChI=1S/C24H38F2Si/c1-2-3-4-5-19-6-8-20(9-7-19)10-11-21-14-16-27(17-15-21)22-12-13-23(25)24(26)18-22/h12-13,18-21,27H,2-11,14-17H2,1H3. The molecule has 0 spiro atoms. The van der Waals surface area contributed by atoms with Gasteiger partial charge in [0, 0.05) is 0 Å². The molecule has 0 unspecified atom stereocenters. The van der Waals surface area contributed by atoms with Crippen molar-refractivity contribution < 1.29 is 8.78 Å². The summed E-state index contributed by atoms with van der Waals surface area (Å²) in [7, 11) is -1.06. The summed E-state index contributed by atoms with van der Waals surface area (Å²) < 4.78 is 26.6. The van der Waals surface area contributed by atoms with Crippen molar-refractivity contribution in [1.29, 1.82) is 0 Å². The van der Waals surface area contributed by atoms with E-state index in [1.54, 1.807) is 0 Å². The average molecular weight is 393 g/mol. The number of halogens is 2. The molecular weight excluding hydrogens is 354 g/mol. The van der Waals surface area contributed by atoms with Crippen LogP contribution in [0.3, 0.4) is 0 Å². The number of hydrogen-bond acceptors (Lipinski definition) is 0. The summed E-state index contributed by atoms with van der Waals surface area (Å²) in [5.41, 5.74) is 0.